The highest BCUT2D eigenvalue weighted by atomic mass is 31.2. The van der Waals surface area contributed by atoms with E-state index in [1.165, 1.54) is 244 Å². The fraction of sp³-hybridized carbons (Fsp3) is 0.951. The number of phosphoric ester groups is 2. The first-order valence-corrected chi connectivity index (χ1v) is 45.0. The molecule has 0 amide bonds. The van der Waals surface area contributed by atoms with Gasteiger partial charge in [-0.15, -0.1) is 0 Å². The first kappa shape index (κ1) is 98.1. The van der Waals surface area contributed by atoms with E-state index in [1.54, 1.807) is 0 Å². The van der Waals surface area contributed by atoms with Crippen LogP contribution in [-0.2, 0) is 65.4 Å². The second kappa shape index (κ2) is 72.6. The van der Waals surface area contributed by atoms with Gasteiger partial charge in [-0.2, -0.15) is 0 Å². The second-order valence-electron chi connectivity index (χ2n) is 29.9. The summed E-state index contributed by atoms with van der Waals surface area (Å²) in [6.45, 7) is 9.67. The van der Waals surface area contributed by atoms with Crippen molar-refractivity contribution >= 4 is 39.5 Å². The predicted octanol–water partition coefficient (Wildman–Crippen LogP) is 24.3. The van der Waals surface area contributed by atoms with Gasteiger partial charge in [-0.3, -0.25) is 37.3 Å². The van der Waals surface area contributed by atoms with Gasteiger partial charge >= 0.3 is 39.5 Å². The molecule has 3 unspecified atom stereocenters. The second-order valence-corrected chi connectivity index (χ2v) is 32.8. The number of esters is 4. The molecule has 19 heteroatoms. The van der Waals surface area contributed by atoms with Crippen molar-refractivity contribution in [1.29, 1.82) is 0 Å². The molecule has 0 aliphatic carbocycles. The maximum Gasteiger partial charge on any atom is 0.472 e. The maximum absolute atomic E-state index is 13.1. The van der Waals surface area contributed by atoms with Crippen molar-refractivity contribution in [1.82, 2.24) is 0 Å². The molecule has 0 radical (unpaired) electrons. The third-order valence-electron chi connectivity index (χ3n) is 19.3. The predicted molar refractivity (Wildman–Crippen MR) is 409 cm³/mol. The molecule has 0 aliphatic rings. The van der Waals surface area contributed by atoms with Crippen molar-refractivity contribution in [3.8, 4) is 0 Å². The van der Waals surface area contributed by atoms with Gasteiger partial charge in [-0.1, -0.05) is 375 Å². The molecule has 3 N–H and O–H groups in total. The Morgan fingerprint density at radius 3 is 0.760 bits per heavy atom. The van der Waals surface area contributed by atoms with Crippen LogP contribution in [0.3, 0.4) is 0 Å². The number of aliphatic hydroxyl groups is 1. The van der Waals surface area contributed by atoms with E-state index in [9.17, 15) is 43.2 Å². The smallest absolute Gasteiger partial charge is 0.462 e. The van der Waals surface area contributed by atoms with Crippen LogP contribution in [0.25, 0.3) is 0 Å². The van der Waals surface area contributed by atoms with Crippen LogP contribution in [0, 0.1) is 11.8 Å². The standard InChI is InChI=1S/C81H158O17P2/c1-7-10-12-14-16-18-19-20-21-22-23-24-27-31-34-41-47-53-59-65-80(85)97-77(70-92-79(84)64-58-52-46-40-33-30-28-25-26-29-32-38-43-49-55-61-73(4)5)72-96-100(89,90)94-68-75(82)67-93-99(87,88)95-71-76(69-91-78(83)63-57-51-45-37-17-15-13-11-8-2)98-81(86)66-60-54-48-42-36-35-39-44-50-56-62-74(6)9-3/h73-77,82H,7-72H2,1-6H3,(H,87,88)(H,89,90)/t74?,75-,76+,77+/m0/s1. The summed E-state index contributed by atoms with van der Waals surface area (Å²) >= 11 is 0. The van der Waals surface area contributed by atoms with E-state index < -0.39 is 97.5 Å². The van der Waals surface area contributed by atoms with Crippen LogP contribution in [0.5, 0.6) is 0 Å². The Hall–Kier alpha value is -1.94. The van der Waals surface area contributed by atoms with Crippen molar-refractivity contribution in [2.24, 2.45) is 11.8 Å². The summed E-state index contributed by atoms with van der Waals surface area (Å²) in [6.07, 6.45) is 62.4. The topological polar surface area (TPSA) is 237 Å². The fourth-order valence-corrected chi connectivity index (χ4v) is 14.1. The SMILES string of the molecule is CCCCCCCCCCCCCCCCCCCCCC(=O)O[C@H](COC(=O)CCCCCCCCCCCCCCCCCC(C)C)COP(=O)(O)OC[C@@H](O)COP(=O)(O)OC[C@@H](COC(=O)CCCCCCCCCCC)OC(=O)CCCCCCCCCCCCC(C)CC. The third kappa shape index (κ3) is 73.0. The number of unbranched alkanes of at least 4 members (excludes halogenated alkanes) is 49. The Bertz CT molecular complexity index is 1930. The number of carbonyl (C=O) groups is 4. The minimum atomic E-state index is -4.96. The molecule has 17 nitrogen and oxygen atoms in total. The van der Waals surface area contributed by atoms with Crippen LogP contribution >= 0.6 is 15.6 Å². The van der Waals surface area contributed by atoms with Gasteiger partial charge in [0.1, 0.15) is 19.3 Å². The average molecular weight is 1470 g/mol. The zero-order valence-electron chi connectivity index (χ0n) is 65.5. The Kier molecular flexibility index (Phi) is 71.2. The molecule has 0 aromatic heterocycles. The highest BCUT2D eigenvalue weighted by Gasteiger charge is 2.30. The third-order valence-corrected chi connectivity index (χ3v) is 21.2. The normalized spacial score (nSPS) is 14.2. The molecule has 0 aromatic rings. The summed E-state index contributed by atoms with van der Waals surface area (Å²) in [4.78, 5) is 73.0. The monoisotopic (exact) mass is 1470 g/mol. The van der Waals surface area contributed by atoms with E-state index in [0.717, 1.165) is 102 Å². The molecule has 0 fully saturated rings. The molecule has 0 heterocycles. The maximum atomic E-state index is 13.1. The van der Waals surface area contributed by atoms with Gasteiger partial charge in [-0.25, -0.2) is 9.13 Å². The Morgan fingerprint density at radius 1 is 0.290 bits per heavy atom. The molecule has 0 rings (SSSR count). The fourth-order valence-electron chi connectivity index (χ4n) is 12.5. The highest BCUT2D eigenvalue weighted by Crippen LogP contribution is 2.45. The summed E-state index contributed by atoms with van der Waals surface area (Å²) in [5.74, 6) is -0.500. The molecule has 0 aliphatic heterocycles. The van der Waals surface area contributed by atoms with E-state index in [0.29, 0.717) is 25.7 Å². The summed E-state index contributed by atoms with van der Waals surface area (Å²) in [5.41, 5.74) is 0. The zero-order chi connectivity index (χ0) is 73.5. The molecule has 0 aromatic carbocycles. The average Bonchev–Trinajstić information content (AvgIpc) is 1.06. The zero-order valence-corrected chi connectivity index (χ0v) is 67.3. The Labute approximate surface area is 613 Å². The first-order chi connectivity index (χ1) is 48.4. The van der Waals surface area contributed by atoms with Crippen LogP contribution in [-0.4, -0.2) is 96.7 Å². The van der Waals surface area contributed by atoms with E-state index in [4.69, 9.17) is 37.0 Å². The lowest BCUT2D eigenvalue weighted by atomic mass is 9.99. The lowest BCUT2D eigenvalue weighted by Crippen LogP contribution is -2.30. The first-order valence-electron chi connectivity index (χ1n) is 42.0. The Morgan fingerprint density at radius 2 is 0.510 bits per heavy atom. The number of hydrogen-bond donors (Lipinski definition) is 3. The molecule has 0 saturated heterocycles. The number of ether oxygens (including phenoxy) is 4. The van der Waals surface area contributed by atoms with E-state index >= 15 is 0 Å². The number of carbonyl (C=O) groups excluding carboxylic acids is 4. The van der Waals surface area contributed by atoms with Crippen LogP contribution in [0.2, 0.25) is 0 Å². The van der Waals surface area contributed by atoms with Gasteiger partial charge in [-0.05, 0) is 37.5 Å². The summed E-state index contributed by atoms with van der Waals surface area (Å²) in [6, 6.07) is 0. The van der Waals surface area contributed by atoms with Gasteiger partial charge in [0.2, 0.25) is 0 Å². The van der Waals surface area contributed by atoms with Crippen LogP contribution in [0.1, 0.15) is 427 Å². The van der Waals surface area contributed by atoms with Gasteiger partial charge < -0.3 is 33.8 Å². The summed E-state index contributed by atoms with van der Waals surface area (Å²) in [5, 5.41) is 10.6. The van der Waals surface area contributed by atoms with Crippen LogP contribution in [0.15, 0.2) is 0 Å². The van der Waals surface area contributed by atoms with Gasteiger partial charge in [0, 0.05) is 25.7 Å². The van der Waals surface area contributed by atoms with E-state index in [-0.39, 0.29) is 25.7 Å². The largest absolute Gasteiger partial charge is 0.472 e. The summed E-state index contributed by atoms with van der Waals surface area (Å²) < 4.78 is 68.7. The van der Waals surface area contributed by atoms with Crippen molar-refractivity contribution in [3.05, 3.63) is 0 Å². The summed E-state index contributed by atoms with van der Waals surface area (Å²) in [7, 11) is -9.92. The Balaban J connectivity index is 5.22. The van der Waals surface area contributed by atoms with Crippen molar-refractivity contribution in [3.63, 3.8) is 0 Å². The van der Waals surface area contributed by atoms with Crippen molar-refractivity contribution in [2.45, 2.75) is 445 Å². The molecule has 594 valence electrons. The number of aliphatic hydroxyl groups excluding tert-OH is 1. The van der Waals surface area contributed by atoms with Crippen LogP contribution in [0.4, 0.5) is 0 Å². The van der Waals surface area contributed by atoms with Crippen molar-refractivity contribution < 1.29 is 80.2 Å². The molecule has 0 spiro atoms. The van der Waals surface area contributed by atoms with Crippen molar-refractivity contribution in [2.75, 3.05) is 39.6 Å². The molecule has 100 heavy (non-hydrogen) atoms. The van der Waals surface area contributed by atoms with Gasteiger partial charge in [0.15, 0.2) is 12.2 Å². The van der Waals surface area contributed by atoms with E-state index in [2.05, 4.69) is 41.5 Å². The minimum absolute atomic E-state index is 0.106. The van der Waals surface area contributed by atoms with Gasteiger partial charge in [0.25, 0.3) is 0 Å². The minimum Gasteiger partial charge on any atom is -0.462 e. The molecular weight excluding hydrogens is 1310 g/mol. The quantitative estimate of drug-likeness (QED) is 0.0222. The lowest BCUT2D eigenvalue weighted by Gasteiger charge is -2.21. The lowest BCUT2D eigenvalue weighted by molar-refractivity contribution is -0.161. The number of rotatable bonds is 80. The van der Waals surface area contributed by atoms with E-state index in [1.807, 2.05) is 0 Å². The molecule has 0 saturated carbocycles. The molecular formula is C81H158O17P2. The molecule has 6 atom stereocenters. The van der Waals surface area contributed by atoms with Crippen LogP contribution < -0.4 is 0 Å². The van der Waals surface area contributed by atoms with Gasteiger partial charge in [0.05, 0.1) is 26.4 Å². The molecule has 0 bridgehead atoms. The number of hydrogen-bond acceptors (Lipinski definition) is 15. The highest BCUT2D eigenvalue weighted by molar-refractivity contribution is 7.47. The number of phosphoric acid groups is 2.